The number of ether oxygens (including phenoxy) is 1. The molecule has 1 N–H and O–H groups in total. The maximum absolute atomic E-state index is 5.40. The molecule has 142 valence electrons. The number of benzene rings is 2. The fourth-order valence-corrected chi connectivity index (χ4v) is 3.96. The van der Waals surface area contributed by atoms with Crippen molar-refractivity contribution in [3.05, 3.63) is 76.9 Å². The van der Waals surface area contributed by atoms with Gasteiger partial charge in [0.2, 0.25) is 0 Å². The molecule has 0 fully saturated rings. The van der Waals surface area contributed by atoms with Crippen LogP contribution in [0.25, 0.3) is 10.9 Å². The fourth-order valence-electron chi connectivity index (χ4n) is 3.45. The van der Waals surface area contributed by atoms with Gasteiger partial charge in [-0.05, 0) is 51.7 Å². The van der Waals surface area contributed by atoms with Crippen molar-refractivity contribution >= 4 is 38.2 Å². The second-order valence-electron chi connectivity index (χ2n) is 6.52. The van der Waals surface area contributed by atoms with E-state index in [1.54, 1.807) is 7.11 Å². The predicted molar refractivity (Wildman–Crippen MR) is 116 cm³/mol. The molecule has 28 heavy (non-hydrogen) atoms. The van der Waals surface area contributed by atoms with Crippen LogP contribution in [0.1, 0.15) is 18.1 Å². The van der Waals surface area contributed by atoms with Crippen molar-refractivity contribution in [2.45, 2.75) is 19.9 Å². The number of methoxy groups -OCH3 is 1. The SMILES string of the molecule is CCc1c(Cn2ccnc2)cccc1Nc1ccnc2cc(OC)c(Br)cc12. The van der Waals surface area contributed by atoms with E-state index in [1.165, 1.54) is 11.1 Å². The number of aromatic nitrogens is 3. The number of pyridine rings is 1. The Morgan fingerprint density at radius 3 is 2.79 bits per heavy atom. The lowest BCUT2D eigenvalue weighted by atomic mass is 10.0. The van der Waals surface area contributed by atoms with E-state index >= 15 is 0 Å². The molecular formula is C22H21BrN4O. The highest BCUT2D eigenvalue weighted by Crippen LogP contribution is 2.34. The van der Waals surface area contributed by atoms with Gasteiger partial charge in [0.1, 0.15) is 5.75 Å². The topological polar surface area (TPSA) is 52.0 Å². The molecule has 0 amide bonds. The second-order valence-corrected chi connectivity index (χ2v) is 7.37. The van der Waals surface area contributed by atoms with E-state index in [0.29, 0.717) is 0 Å². The summed E-state index contributed by atoms with van der Waals surface area (Å²) in [6.45, 7) is 2.99. The number of halogens is 1. The molecule has 0 aliphatic heterocycles. The van der Waals surface area contributed by atoms with Crippen molar-refractivity contribution in [3.8, 4) is 5.75 Å². The zero-order valence-corrected chi connectivity index (χ0v) is 17.4. The van der Waals surface area contributed by atoms with Gasteiger partial charge in [0.15, 0.2) is 0 Å². The Labute approximate surface area is 172 Å². The van der Waals surface area contributed by atoms with Crippen molar-refractivity contribution in [1.82, 2.24) is 14.5 Å². The normalized spacial score (nSPS) is 11.0. The molecule has 0 aliphatic carbocycles. The molecule has 4 aromatic rings. The van der Waals surface area contributed by atoms with Crippen LogP contribution in [0.5, 0.6) is 5.75 Å². The van der Waals surface area contributed by atoms with Crippen molar-refractivity contribution < 1.29 is 4.74 Å². The second kappa shape index (κ2) is 8.02. The molecule has 4 rings (SSSR count). The number of nitrogens with zero attached hydrogens (tertiary/aromatic N) is 3. The molecule has 0 bridgehead atoms. The van der Waals surface area contributed by atoms with Crippen molar-refractivity contribution in [3.63, 3.8) is 0 Å². The largest absolute Gasteiger partial charge is 0.495 e. The molecular weight excluding hydrogens is 416 g/mol. The number of hydrogen-bond donors (Lipinski definition) is 1. The summed E-state index contributed by atoms with van der Waals surface area (Å²) < 4.78 is 8.39. The number of nitrogens with one attached hydrogen (secondary N) is 1. The van der Waals surface area contributed by atoms with Crippen LogP contribution in [0.15, 0.2) is 65.8 Å². The third-order valence-electron chi connectivity index (χ3n) is 4.82. The van der Waals surface area contributed by atoms with E-state index in [9.17, 15) is 0 Å². The zero-order valence-electron chi connectivity index (χ0n) is 15.8. The Morgan fingerprint density at radius 2 is 2.04 bits per heavy atom. The minimum absolute atomic E-state index is 0.772. The van der Waals surface area contributed by atoms with Crippen LogP contribution in [0.3, 0.4) is 0 Å². The highest BCUT2D eigenvalue weighted by atomic mass is 79.9. The van der Waals surface area contributed by atoms with Crippen LogP contribution < -0.4 is 10.1 Å². The number of imidazole rings is 1. The molecule has 6 heteroatoms. The number of anilines is 2. The summed E-state index contributed by atoms with van der Waals surface area (Å²) in [5, 5.41) is 4.66. The first kappa shape index (κ1) is 18.5. The van der Waals surface area contributed by atoms with Gasteiger partial charge in [-0.3, -0.25) is 4.98 Å². The van der Waals surface area contributed by atoms with Gasteiger partial charge in [-0.25, -0.2) is 4.98 Å². The van der Waals surface area contributed by atoms with Gasteiger partial charge in [0, 0.05) is 48.0 Å². The average molecular weight is 437 g/mol. The van der Waals surface area contributed by atoms with Crippen LogP contribution in [-0.4, -0.2) is 21.6 Å². The molecule has 2 heterocycles. The maximum atomic E-state index is 5.40. The molecule has 0 atom stereocenters. The Balaban J connectivity index is 1.74. The summed E-state index contributed by atoms with van der Waals surface area (Å²) in [5.74, 6) is 0.772. The van der Waals surface area contributed by atoms with E-state index in [4.69, 9.17) is 4.74 Å². The van der Waals surface area contributed by atoms with Crippen molar-refractivity contribution in [2.24, 2.45) is 0 Å². The molecule has 0 spiro atoms. The summed E-state index contributed by atoms with van der Waals surface area (Å²) in [5.41, 5.74) is 5.60. The zero-order chi connectivity index (χ0) is 19.5. The highest BCUT2D eigenvalue weighted by molar-refractivity contribution is 9.10. The Kier molecular flexibility index (Phi) is 5.30. The van der Waals surface area contributed by atoms with Gasteiger partial charge in [-0.2, -0.15) is 0 Å². The van der Waals surface area contributed by atoms with Crippen molar-refractivity contribution in [1.29, 1.82) is 0 Å². The van der Waals surface area contributed by atoms with Gasteiger partial charge in [0.25, 0.3) is 0 Å². The highest BCUT2D eigenvalue weighted by Gasteiger charge is 2.11. The van der Waals surface area contributed by atoms with Gasteiger partial charge in [-0.15, -0.1) is 0 Å². The summed E-state index contributed by atoms with van der Waals surface area (Å²) in [4.78, 5) is 8.64. The minimum Gasteiger partial charge on any atom is -0.495 e. The van der Waals surface area contributed by atoms with E-state index in [0.717, 1.165) is 45.5 Å². The molecule has 5 nitrogen and oxygen atoms in total. The summed E-state index contributed by atoms with van der Waals surface area (Å²) in [6, 6.07) is 12.4. The molecule has 0 unspecified atom stereocenters. The van der Waals surface area contributed by atoms with Crippen LogP contribution in [0.2, 0.25) is 0 Å². The molecule has 0 saturated heterocycles. The monoisotopic (exact) mass is 436 g/mol. The van der Waals surface area contributed by atoms with Gasteiger partial charge >= 0.3 is 0 Å². The summed E-state index contributed by atoms with van der Waals surface area (Å²) in [7, 11) is 1.66. The predicted octanol–water partition coefficient (Wildman–Crippen LogP) is 5.56. The Bertz CT molecular complexity index is 1110. The Hall–Kier alpha value is -2.86. The third kappa shape index (κ3) is 3.60. The summed E-state index contributed by atoms with van der Waals surface area (Å²) in [6.07, 6.45) is 8.40. The fraction of sp³-hybridized carbons (Fsp3) is 0.182. The first-order chi connectivity index (χ1) is 13.7. The van der Waals surface area contributed by atoms with E-state index < -0.39 is 0 Å². The third-order valence-corrected chi connectivity index (χ3v) is 5.44. The average Bonchev–Trinajstić information content (AvgIpc) is 3.21. The van der Waals surface area contributed by atoms with Gasteiger partial charge in [0.05, 0.1) is 23.4 Å². The molecule has 0 aliphatic rings. The van der Waals surface area contributed by atoms with Crippen LogP contribution in [0, 0.1) is 0 Å². The smallest absolute Gasteiger partial charge is 0.135 e. The maximum Gasteiger partial charge on any atom is 0.135 e. The summed E-state index contributed by atoms with van der Waals surface area (Å²) >= 11 is 3.58. The van der Waals surface area contributed by atoms with E-state index in [-0.39, 0.29) is 0 Å². The van der Waals surface area contributed by atoms with E-state index in [2.05, 4.69) is 60.9 Å². The van der Waals surface area contributed by atoms with Gasteiger partial charge in [-0.1, -0.05) is 19.1 Å². The number of hydrogen-bond acceptors (Lipinski definition) is 4. The molecule has 2 aromatic heterocycles. The standard InChI is InChI=1S/C22H21BrN4O/c1-3-16-15(13-27-10-9-24-14-27)5-4-6-19(16)26-20-7-8-25-21-12-22(28-2)18(23)11-17(20)21/h4-12,14H,3,13H2,1-2H3,(H,25,26). The quantitative estimate of drug-likeness (QED) is 0.429. The van der Waals surface area contributed by atoms with E-state index in [1.807, 2.05) is 43.1 Å². The first-order valence-corrected chi connectivity index (χ1v) is 9.94. The minimum atomic E-state index is 0.772. The van der Waals surface area contributed by atoms with Gasteiger partial charge < -0.3 is 14.6 Å². The lowest BCUT2D eigenvalue weighted by Gasteiger charge is -2.17. The van der Waals surface area contributed by atoms with Crippen LogP contribution in [-0.2, 0) is 13.0 Å². The van der Waals surface area contributed by atoms with Crippen LogP contribution >= 0.6 is 15.9 Å². The number of rotatable bonds is 6. The lowest BCUT2D eigenvalue weighted by Crippen LogP contribution is -2.04. The van der Waals surface area contributed by atoms with Crippen molar-refractivity contribution in [2.75, 3.05) is 12.4 Å². The number of fused-ring (bicyclic) bond motifs is 1. The first-order valence-electron chi connectivity index (χ1n) is 9.15. The molecule has 0 saturated carbocycles. The molecule has 0 radical (unpaired) electrons. The Morgan fingerprint density at radius 1 is 1.14 bits per heavy atom. The van der Waals surface area contributed by atoms with Crippen LogP contribution in [0.4, 0.5) is 11.4 Å². The molecule has 2 aromatic carbocycles. The lowest BCUT2D eigenvalue weighted by molar-refractivity contribution is 0.412.